The second-order valence-corrected chi connectivity index (χ2v) is 7.77. The molecule has 0 saturated carbocycles. The van der Waals surface area contributed by atoms with Crippen molar-refractivity contribution in [3.05, 3.63) is 22.2 Å². The number of pyridine rings is 1. The van der Waals surface area contributed by atoms with Gasteiger partial charge in [-0.05, 0) is 51.4 Å². The lowest BCUT2D eigenvalue weighted by molar-refractivity contribution is -0.384. The van der Waals surface area contributed by atoms with Gasteiger partial charge in [0.2, 0.25) is 11.7 Å². The molecule has 9 heteroatoms. The van der Waals surface area contributed by atoms with E-state index in [1.54, 1.807) is 6.07 Å². The van der Waals surface area contributed by atoms with Gasteiger partial charge in [0, 0.05) is 32.2 Å². The molecule has 2 saturated heterocycles. The Morgan fingerprint density at radius 3 is 2.30 bits per heavy atom. The topological polar surface area (TPSA) is 109 Å². The normalized spacial score (nSPS) is 18.9. The van der Waals surface area contributed by atoms with Crippen molar-refractivity contribution >= 4 is 23.2 Å². The molecule has 0 radical (unpaired) electrons. The molecule has 168 valence electrons. The van der Waals surface area contributed by atoms with Gasteiger partial charge >= 0.3 is 5.69 Å². The van der Waals surface area contributed by atoms with Crippen LogP contribution in [-0.2, 0) is 4.79 Å². The number of hydrogen-bond acceptors (Lipinski definition) is 7. The average Bonchev–Trinajstić information content (AvgIpc) is 3.29. The molecule has 2 N–H and O–H groups in total. The van der Waals surface area contributed by atoms with Crippen molar-refractivity contribution < 1.29 is 9.72 Å². The Morgan fingerprint density at radius 2 is 1.80 bits per heavy atom. The van der Waals surface area contributed by atoms with Crippen LogP contribution in [0, 0.1) is 16.0 Å². The molecule has 30 heavy (non-hydrogen) atoms. The lowest BCUT2D eigenvalue weighted by Gasteiger charge is -2.34. The van der Waals surface area contributed by atoms with Crippen molar-refractivity contribution in [3.63, 3.8) is 0 Å². The highest BCUT2D eigenvalue weighted by Crippen LogP contribution is 2.27. The van der Waals surface area contributed by atoms with Gasteiger partial charge in [0.15, 0.2) is 0 Å². The van der Waals surface area contributed by atoms with E-state index < -0.39 is 4.92 Å². The molecular formula is C21H36N6O3. The molecule has 2 fully saturated rings. The number of piperidine rings is 1. The smallest absolute Gasteiger partial charge is 0.311 e. The van der Waals surface area contributed by atoms with Gasteiger partial charge in [-0.1, -0.05) is 20.8 Å². The van der Waals surface area contributed by atoms with E-state index in [1.165, 1.54) is 25.7 Å². The van der Waals surface area contributed by atoms with Gasteiger partial charge in [0.05, 0.1) is 10.8 Å². The van der Waals surface area contributed by atoms with Gasteiger partial charge in [0.25, 0.3) is 0 Å². The molecule has 0 aromatic carbocycles. The van der Waals surface area contributed by atoms with E-state index in [0.29, 0.717) is 12.4 Å². The standard InChI is InChI=1S/C15H21N5O3.C6H15N/c16-14-12(20(22)23)5-6-13(17-14)19-9-3-4-11(10-19)15(21)18-7-1-2-8-18;1-4-7(5-2)6-3/h5-6,11H,1-4,7-10H2,(H2,16,17);4-6H2,1-3H3/t11-;/m1./s1. The van der Waals surface area contributed by atoms with E-state index in [4.69, 9.17) is 5.73 Å². The Kier molecular flexibility index (Phi) is 9.29. The summed E-state index contributed by atoms with van der Waals surface area (Å²) in [4.78, 5) is 33.3. The summed E-state index contributed by atoms with van der Waals surface area (Å²) in [7, 11) is 0. The zero-order chi connectivity index (χ0) is 22.1. The summed E-state index contributed by atoms with van der Waals surface area (Å²) in [6.45, 7) is 13.2. The maximum Gasteiger partial charge on any atom is 0.311 e. The summed E-state index contributed by atoms with van der Waals surface area (Å²) in [5, 5.41) is 10.8. The molecule has 9 nitrogen and oxygen atoms in total. The number of nitrogen functional groups attached to an aromatic ring is 1. The Bertz CT molecular complexity index is 698. The van der Waals surface area contributed by atoms with E-state index in [-0.39, 0.29) is 23.3 Å². The molecule has 2 aliphatic heterocycles. The maximum absolute atomic E-state index is 12.6. The Morgan fingerprint density at radius 1 is 1.17 bits per heavy atom. The minimum Gasteiger partial charge on any atom is -0.378 e. The third kappa shape index (κ3) is 6.29. The number of amides is 1. The summed E-state index contributed by atoms with van der Waals surface area (Å²) in [5.74, 6) is 0.717. The van der Waals surface area contributed by atoms with Crippen molar-refractivity contribution in [1.29, 1.82) is 0 Å². The highest BCUT2D eigenvalue weighted by molar-refractivity contribution is 5.80. The van der Waals surface area contributed by atoms with Gasteiger partial charge in [0.1, 0.15) is 5.82 Å². The number of nitrogens with zero attached hydrogens (tertiary/aromatic N) is 5. The molecule has 1 amide bonds. The molecule has 3 heterocycles. The molecule has 0 spiro atoms. The predicted octanol–water partition coefficient (Wildman–Crippen LogP) is 2.76. The van der Waals surface area contributed by atoms with Crippen LogP contribution in [-0.4, -0.2) is 71.4 Å². The summed E-state index contributed by atoms with van der Waals surface area (Å²) < 4.78 is 0. The van der Waals surface area contributed by atoms with Crippen molar-refractivity contribution in [1.82, 2.24) is 14.8 Å². The van der Waals surface area contributed by atoms with Crippen LogP contribution in [0.15, 0.2) is 12.1 Å². The second-order valence-electron chi connectivity index (χ2n) is 7.77. The van der Waals surface area contributed by atoms with Crippen LogP contribution in [0.25, 0.3) is 0 Å². The van der Waals surface area contributed by atoms with Gasteiger partial charge in [-0.3, -0.25) is 14.9 Å². The predicted molar refractivity (Wildman–Crippen MR) is 120 cm³/mol. The third-order valence-electron chi connectivity index (χ3n) is 5.94. The number of hydrogen-bond donors (Lipinski definition) is 1. The monoisotopic (exact) mass is 420 g/mol. The number of carbonyl (C=O) groups excluding carboxylic acids is 1. The lowest BCUT2D eigenvalue weighted by atomic mass is 9.96. The van der Waals surface area contributed by atoms with Gasteiger partial charge < -0.3 is 20.4 Å². The average molecular weight is 421 g/mol. The fraction of sp³-hybridized carbons (Fsp3) is 0.714. The molecule has 1 aromatic heterocycles. The largest absolute Gasteiger partial charge is 0.378 e. The van der Waals surface area contributed by atoms with Gasteiger partial charge in [-0.2, -0.15) is 0 Å². The number of nitrogens with two attached hydrogens (primary N) is 1. The number of carbonyl (C=O) groups is 1. The SMILES string of the molecule is CCN(CC)CC.Nc1nc(N2CCC[C@@H](C(=O)N3CCCC3)C2)ccc1[N+](=O)[O-]. The molecule has 2 aliphatic rings. The minimum atomic E-state index is -0.540. The minimum absolute atomic E-state index is 0.0277. The van der Waals surface area contributed by atoms with Crippen LogP contribution in [0.2, 0.25) is 0 Å². The zero-order valence-electron chi connectivity index (χ0n) is 18.5. The van der Waals surface area contributed by atoms with Crippen molar-refractivity contribution in [3.8, 4) is 0 Å². The van der Waals surface area contributed by atoms with Crippen LogP contribution in [0.5, 0.6) is 0 Å². The highest BCUT2D eigenvalue weighted by Gasteiger charge is 2.31. The molecule has 0 unspecified atom stereocenters. The first-order valence-corrected chi connectivity index (χ1v) is 11.1. The fourth-order valence-corrected chi connectivity index (χ4v) is 4.04. The molecule has 1 aromatic rings. The highest BCUT2D eigenvalue weighted by atomic mass is 16.6. The molecular weight excluding hydrogens is 384 g/mol. The summed E-state index contributed by atoms with van der Waals surface area (Å²) in [6, 6.07) is 2.99. The Hall–Kier alpha value is -2.42. The quantitative estimate of drug-likeness (QED) is 0.557. The van der Waals surface area contributed by atoms with Crippen molar-refractivity contribution in [2.75, 3.05) is 56.4 Å². The second kappa shape index (κ2) is 11.7. The van der Waals surface area contributed by atoms with Gasteiger partial charge in [-0.25, -0.2) is 4.98 Å². The Labute approximate surface area is 179 Å². The van der Waals surface area contributed by atoms with E-state index in [0.717, 1.165) is 45.3 Å². The number of rotatable bonds is 6. The number of aromatic nitrogens is 1. The molecule has 3 rings (SSSR count). The first-order valence-electron chi connectivity index (χ1n) is 11.1. The van der Waals surface area contributed by atoms with Gasteiger partial charge in [-0.15, -0.1) is 0 Å². The van der Waals surface area contributed by atoms with Crippen LogP contribution >= 0.6 is 0 Å². The number of likely N-dealkylation sites (tertiary alicyclic amines) is 1. The number of anilines is 2. The fourth-order valence-electron chi connectivity index (χ4n) is 4.04. The maximum atomic E-state index is 12.6. The summed E-state index contributed by atoms with van der Waals surface area (Å²) in [6.07, 6.45) is 3.96. The van der Waals surface area contributed by atoms with Crippen LogP contribution in [0.4, 0.5) is 17.3 Å². The molecule has 0 aliphatic carbocycles. The van der Waals surface area contributed by atoms with Crippen LogP contribution in [0.3, 0.4) is 0 Å². The molecule has 0 bridgehead atoms. The first-order chi connectivity index (χ1) is 14.4. The first kappa shape index (κ1) is 23.9. The third-order valence-corrected chi connectivity index (χ3v) is 5.94. The van der Waals surface area contributed by atoms with Crippen LogP contribution < -0.4 is 10.6 Å². The van der Waals surface area contributed by atoms with Crippen LogP contribution in [0.1, 0.15) is 46.5 Å². The summed E-state index contributed by atoms with van der Waals surface area (Å²) in [5.41, 5.74) is 5.48. The molecule has 1 atom stereocenters. The summed E-state index contributed by atoms with van der Waals surface area (Å²) >= 11 is 0. The van der Waals surface area contributed by atoms with E-state index in [1.807, 2.05) is 9.80 Å². The van der Waals surface area contributed by atoms with Crippen molar-refractivity contribution in [2.24, 2.45) is 5.92 Å². The van der Waals surface area contributed by atoms with E-state index in [2.05, 4.69) is 30.7 Å². The van der Waals surface area contributed by atoms with Crippen molar-refractivity contribution in [2.45, 2.75) is 46.5 Å². The van der Waals surface area contributed by atoms with E-state index in [9.17, 15) is 14.9 Å². The lowest BCUT2D eigenvalue weighted by Crippen LogP contribution is -2.44. The van der Waals surface area contributed by atoms with E-state index >= 15 is 0 Å². The number of nitro groups is 1. The Balaban J connectivity index is 0.000000396. The zero-order valence-corrected chi connectivity index (χ0v) is 18.5.